The SMILES string of the molecule is Cc1cccc(C(=O)N(CC(N)=O)C2CCCC2)c1N. The molecule has 5 nitrogen and oxygen atoms in total. The lowest BCUT2D eigenvalue weighted by atomic mass is 10.1. The van der Waals surface area contributed by atoms with Crippen molar-refractivity contribution < 1.29 is 9.59 Å². The number of nitrogen functional groups attached to an aromatic ring is 1. The van der Waals surface area contributed by atoms with E-state index in [1.54, 1.807) is 17.0 Å². The van der Waals surface area contributed by atoms with Gasteiger partial charge in [0.25, 0.3) is 5.91 Å². The van der Waals surface area contributed by atoms with E-state index in [1.807, 2.05) is 13.0 Å². The zero-order valence-corrected chi connectivity index (χ0v) is 11.8. The maximum absolute atomic E-state index is 12.7. The van der Waals surface area contributed by atoms with Crippen molar-refractivity contribution in [3.8, 4) is 0 Å². The number of rotatable bonds is 4. The number of nitrogens with two attached hydrogens (primary N) is 2. The van der Waals surface area contributed by atoms with Gasteiger partial charge in [-0.05, 0) is 31.4 Å². The monoisotopic (exact) mass is 275 g/mol. The number of hydrogen-bond acceptors (Lipinski definition) is 3. The van der Waals surface area contributed by atoms with Gasteiger partial charge < -0.3 is 16.4 Å². The van der Waals surface area contributed by atoms with Crippen molar-refractivity contribution in [2.75, 3.05) is 12.3 Å². The van der Waals surface area contributed by atoms with Crippen LogP contribution >= 0.6 is 0 Å². The van der Waals surface area contributed by atoms with Crippen LogP contribution in [0, 0.1) is 6.92 Å². The van der Waals surface area contributed by atoms with E-state index in [1.165, 1.54) is 0 Å². The first kappa shape index (κ1) is 14.4. The van der Waals surface area contributed by atoms with Crippen LogP contribution in [0.3, 0.4) is 0 Å². The van der Waals surface area contributed by atoms with Gasteiger partial charge in [-0.2, -0.15) is 0 Å². The second-order valence-electron chi connectivity index (χ2n) is 5.37. The standard InChI is InChI=1S/C15H21N3O2/c1-10-5-4-8-12(14(10)17)15(20)18(9-13(16)19)11-6-2-3-7-11/h4-5,8,11H,2-3,6-7,9,17H2,1H3,(H2,16,19). The van der Waals surface area contributed by atoms with Gasteiger partial charge in [-0.25, -0.2) is 0 Å². The molecule has 0 unspecified atom stereocenters. The Morgan fingerprint density at radius 3 is 2.55 bits per heavy atom. The number of hydrogen-bond donors (Lipinski definition) is 2. The summed E-state index contributed by atoms with van der Waals surface area (Å²) in [5.74, 6) is -0.687. The van der Waals surface area contributed by atoms with E-state index >= 15 is 0 Å². The average molecular weight is 275 g/mol. The maximum Gasteiger partial charge on any atom is 0.256 e. The fraction of sp³-hybridized carbons (Fsp3) is 0.467. The summed E-state index contributed by atoms with van der Waals surface area (Å²) in [6.45, 7) is 1.82. The minimum Gasteiger partial charge on any atom is -0.398 e. The largest absolute Gasteiger partial charge is 0.398 e. The van der Waals surface area contributed by atoms with Crippen LogP contribution in [0.2, 0.25) is 0 Å². The molecule has 20 heavy (non-hydrogen) atoms. The fourth-order valence-corrected chi connectivity index (χ4v) is 2.77. The molecular weight excluding hydrogens is 254 g/mol. The molecular formula is C15H21N3O2. The smallest absolute Gasteiger partial charge is 0.256 e. The topological polar surface area (TPSA) is 89.4 Å². The summed E-state index contributed by atoms with van der Waals surface area (Å²) >= 11 is 0. The van der Waals surface area contributed by atoms with Crippen LogP contribution in [0.4, 0.5) is 5.69 Å². The molecule has 0 aromatic heterocycles. The summed E-state index contributed by atoms with van der Waals surface area (Å²) in [5, 5.41) is 0. The molecule has 1 aromatic rings. The molecule has 0 saturated heterocycles. The van der Waals surface area contributed by atoms with Crippen LogP contribution in [0.5, 0.6) is 0 Å². The van der Waals surface area contributed by atoms with E-state index in [-0.39, 0.29) is 18.5 Å². The quantitative estimate of drug-likeness (QED) is 0.815. The minimum absolute atomic E-state index is 0.0448. The van der Waals surface area contributed by atoms with Crippen LogP contribution in [-0.4, -0.2) is 29.3 Å². The van der Waals surface area contributed by atoms with E-state index in [2.05, 4.69) is 0 Å². The highest BCUT2D eigenvalue weighted by atomic mass is 16.2. The first-order valence-corrected chi connectivity index (χ1v) is 6.95. The normalized spacial score (nSPS) is 15.2. The number of primary amides is 1. The molecule has 0 heterocycles. The predicted octanol–water partition coefficient (Wildman–Crippen LogP) is 1.45. The van der Waals surface area contributed by atoms with Crippen molar-refractivity contribution in [2.45, 2.75) is 38.6 Å². The van der Waals surface area contributed by atoms with Crippen LogP contribution in [-0.2, 0) is 4.79 Å². The highest BCUT2D eigenvalue weighted by Gasteiger charge is 2.29. The molecule has 0 radical (unpaired) electrons. The molecule has 1 fully saturated rings. The molecule has 4 N–H and O–H groups in total. The van der Waals surface area contributed by atoms with Gasteiger partial charge >= 0.3 is 0 Å². The van der Waals surface area contributed by atoms with Crippen molar-refractivity contribution in [1.82, 2.24) is 4.90 Å². The van der Waals surface area contributed by atoms with E-state index in [0.29, 0.717) is 11.3 Å². The van der Waals surface area contributed by atoms with E-state index in [9.17, 15) is 9.59 Å². The molecule has 1 saturated carbocycles. The molecule has 0 spiro atoms. The first-order chi connectivity index (χ1) is 9.50. The van der Waals surface area contributed by atoms with Gasteiger partial charge in [-0.3, -0.25) is 9.59 Å². The first-order valence-electron chi connectivity index (χ1n) is 6.95. The van der Waals surface area contributed by atoms with Crippen molar-refractivity contribution in [3.05, 3.63) is 29.3 Å². The maximum atomic E-state index is 12.7. The number of benzene rings is 1. The Kier molecular flexibility index (Phi) is 4.27. The number of nitrogens with zero attached hydrogens (tertiary/aromatic N) is 1. The molecule has 2 amide bonds. The Morgan fingerprint density at radius 2 is 1.95 bits per heavy atom. The minimum atomic E-state index is -0.489. The third kappa shape index (κ3) is 2.92. The van der Waals surface area contributed by atoms with Gasteiger partial charge in [-0.1, -0.05) is 25.0 Å². The third-order valence-corrected chi connectivity index (χ3v) is 3.91. The number of carbonyl (C=O) groups is 2. The average Bonchev–Trinajstić information content (AvgIpc) is 2.92. The molecule has 1 aliphatic carbocycles. The summed E-state index contributed by atoms with van der Waals surface area (Å²) in [6, 6.07) is 5.46. The lowest BCUT2D eigenvalue weighted by Gasteiger charge is -2.28. The molecule has 2 rings (SSSR count). The Labute approximate surface area is 118 Å². The number of para-hydroxylation sites is 1. The number of amides is 2. The highest BCUT2D eigenvalue weighted by Crippen LogP contribution is 2.26. The lowest BCUT2D eigenvalue weighted by Crippen LogP contribution is -2.44. The summed E-state index contributed by atoms with van der Waals surface area (Å²) < 4.78 is 0. The van der Waals surface area contributed by atoms with Crippen molar-refractivity contribution in [2.24, 2.45) is 5.73 Å². The summed E-state index contributed by atoms with van der Waals surface area (Å²) in [4.78, 5) is 25.5. The summed E-state index contributed by atoms with van der Waals surface area (Å²) in [6.07, 6.45) is 4.00. The van der Waals surface area contributed by atoms with Crippen molar-refractivity contribution in [3.63, 3.8) is 0 Å². The Balaban J connectivity index is 2.29. The van der Waals surface area contributed by atoms with E-state index in [0.717, 1.165) is 31.2 Å². The van der Waals surface area contributed by atoms with Crippen LogP contribution in [0.15, 0.2) is 18.2 Å². The van der Waals surface area contributed by atoms with E-state index in [4.69, 9.17) is 11.5 Å². The van der Waals surface area contributed by atoms with Gasteiger partial charge in [0.2, 0.25) is 5.91 Å². The zero-order chi connectivity index (χ0) is 14.7. The van der Waals surface area contributed by atoms with Gasteiger partial charge in [0.1, 0.15) is 0 Å². The van der Waals surface area contributed by atoms with Gasteiger partial charge in [0, 0.05) is 11.7 Å². The van der Waals surface area contributed by atoms with Crippen molar-refractivity contribution in [1.29, 1.82) is 0 Å². The molecule has 108 valence electrons. The summed E-state index contributed by atoms with van der Waals surface area (Å²) in [7, 11) is 0. The second kappa shape index (κ2) is 5.94. The van der Waals surface area contributed by atoms with Crippen LogP contribution in [0.1, 0.15) is 41.6 Å². The van der Waals surface area contributed by atoms with Crippen LogP contribution in [0.25, 0.3) is 0 Å². The Morgan fingerprint density at radius 1 is 1.30 bits per heavy atom. The number of anilines is 1. The van der Waals surface area contributed by atoms with Gasteiger partial charge in [0.05, 0.1) is 12.1 Å². The molecule has 5 heteroatoms. The predicted molar refractivity (Wildman–Crippen MR) is 78.1 cm³/mol. The second-order valence-corrected chi connectivity index (χ2v) is 5.37. The van der Waals surface area contributed by atoms with Crippen LogP contribution < -0.4 is 11.5 Å². The zero-order valence-electron chi connectivity index (χ0n) is 11.8. The molecule has 0 bridgehead atoms. The Hall–Kier alpha value is -2.04. The van der Waals surface area contributed by atoms with Gasteiger partial charge in [0.15, 0.2) is 0 Å². The third-order valence-electron chi connectivity index (χ3n) is 3.91. The van der Waals surface area contributed by atoms with Gasteiger partial charge in [-0.15, -0.1) is 0 Å². The number of aryl methyl sites for hydroxylation is 1. The highest BCUT2D eigenvalue weighted by molar-refractivity contribution is 6.01. The fourth-order valence-electron chi connectivity index (χ4n) is 2.77. The van der Waals surface area contributed by atoms with E-state index < -0.39 is 5.91 Å². The molecule has 0 atom stereocenters. The van der Waals surface area contributed by atoms with Crippen molar-refractivity contribution >= 4 is 17.5 Å². The molecule has 1 aliphatic rings. The Bertz CT molecular complexity index is 522. The molecule has 1 aromatic carbocycles. The lowest BCUT2D eigenvalue weighted by molar-refractivity contribution is -0.119. The molecule has 0 aliphatic heterocycles. The summed E-state index contributed by atoms with van der Waals surface area (Å²) in [5.41, 5.74) is 13.1. The number of carbonyl (C=O) groups excluding carboxylic acids is 2.